The first-order chi connectivity index (χ1) is 12.9. The van der Waals surface area contributed by atoms with Crippen LogP contribution in [0.5, 0.6) is 0 Å². The van der Waals surface area contributed by atoms with E-state index in [1.54, 1.807) is 36.1 Å². The van der Waals surface area contributed by atoms with Crippen molar-refractivity contribution in [3.05, 3.63) is 44.6 Å². The van der Waals surface area contributed by atoms with Crippen LogP contribution in [0, 0.1) is 19.8 Å². The topological polar surface area (TPSA) is 81.8 Å². The summed E-state index contributed by atoms with van der Waals surface area (Å²) in [6, 6.07) is 1.31. The van der Waals surface area contributed by atoms with Crippen LogP contribution in [0.4, 0.5) is 0 Å². The molecule has 1 aliphatic carbocycles. The summed E-state index contributed by atoms with van der Waals surface area (Å²) in [7, 11) is 0. The smallest absolute Gasteiger partial charge is 0.271 e. The third kappa shape index (κ3) is 2.97. The van der Waals surface area contributed by atoms with Crippen molar-refractivity contribution in [3.8, 4) is 0 Å². The molecule has 3 aromatic heterocycles. The van der Waals surface area contributed by atoms with E-state index in [1.165, 1.54) is 9.55 Å². The first kappa shape index (κ1) is 17.9. The van der Waals surface area contributed by atoms with Gasteiger partial charge in [-0.1, -0.05) is 6.92 Å². The van der Waals surface area contributed by atoms with Crippen molar-refractivity contribution in [1.82, 2.24) is 19.4 Å². The molecule has 2 atom stereocenters. The van der Waals surface area contributed by atoms with Gasteiger partial charge in [0.1, 0.15) is 16.7 Å². The highest BCUT2D eigenvalue weighted by Gasteiger charge is 2.25. The highest BCUT2D eigenvalue weighted by atomic mass is 32.1. The van der Waals surface area contributed by atoms with Crippen molar-refractivity contribution in [3.63, 3.8) is 0 Å². The lowest BCUT2D eigenvalue weighted by molar-refractivity contribution is -0.120. The molecule has 0 unspecified atom stereocenters. The number of hydrogen-bond donors (Lipinski definition) is 1. The van der Waals surface area contributed by atoms with Crippen molar-refractivity contribution < 1.29 is 4.79 Å². The van der Waals surface area contributed by atoms with Gasteiger partial charge in [-0.3, -0.25) is 19.7 Å². The van der Waals surface area contributed by atoms with E-state index in [0.29, 0.717) is 17.1 Å². The van der Waals surface area contributed by atoms with Crippen molar-refractivity contribution in [1.29, 1.82) is 0 Å². The Morgan fingerprint density at radius 3 is 2.89 bits per heavy atom. The first-order valence-electron chi connectivity index (χ1n) is 9.21. The van der Waals surface area contributed by atoms with Gasteiger partial charge in [-0.2, -0.15) is 5.10 Å². The largest absolute Gasteiger partial charge is 0.281 e. The van der Waals surface area contributed by atoms with E-state index in [4.69, 9.17) is 0 Å². The van der Waals surface area contributed by atoms with Gasteiger partial charge in [-0.05, 0) is 57.6 Å². The molecule has 4 rings (SSSR count). The molecule has 0 radical (unpaired) electrons. The third-order valence-electron chi connectivity index (χ3n) is 5.33. The van der Waals surface area contributed by atoms with Crippen molar-refractivity contribution in [2.24, 2.45) is 5.92 Å². The number of nitrogens with one attached hydrogen (secondary N) is 1. The molecule has 27 heavy (non-hydrogen) atoms. The van der Waals surface area contributed by atoms with Crippen LogP contribution < -0.4 is 11.0 Å². The van der Waals surface area contributed by atoms with E-state index in [1.807, 2.05) is 13.0 Å². The number of aromatic nitrogens is 4. The third-order valence-corrected chi connectivity index (χ3v) is 6.48. The number of rotatable bonds is 3. The van der Waals surface area contributed by atoms with Crippen LogP contribution >= 0.6 is 11.3 Å². The molecule has 3 aromatic rings. The second-order valence-corrected chi connectivity index (χ2v) is 8.48. The summed E-state index contributed by atoms with van der Waals surface area (Å²) >= 11 is 1.61. The standard InChI is InChI=1S/C19H23N5O2S/c1-10-5-6-14-15(9-10)27-18-16(14)19(26)24(13(4)21-18)22-17(25)12(3)23-11(2)7-8-20-23/h7-8,10,12H,5-6,9H2,1-4H3,(H,22,25)/t10-,12+/m1/s1. The molecule has 0 spiro atoms. The van der Waals surface area contributed by atoms with Crippen molar-refractivity contribution in [2.75, 3.05) is 5.43 Å². The number of thiophene rings is 1. The molecule has 8 heteroatoms. The van der Waals surface area contributed by atoms with E-state index in [-0.39, 0.29) is 11.5 Å². The van der Waals surface area contributed by atoms with Crippen LogP contribution in [-0.2, 0) is 17.6 Å². The van der Waals surface area contributed by atoms with Crippen LogP contribution in [0.15, 0.2) is 17.1 Å². The van der Waals surface area contributed by atoms with Gasteiger partial charge < -0.3 is 0 Å². The minimum absolute atomic E-state index is 0.192. The summed E-state index contributed by atoms with van der Waals surface area (Å²) in [6.45, 7) is 7.63. The van der Waals surface area contributed by atoms with E-state index in [0.717, 1.165) is 35.4 Å². The number of amides is 1. The summed E-state index contributed by atoms with van der Waals surface area (Å²) < 4.78 is 2.92. The molecular formula is C19H23N5O2S. The Kier molecular flexibility index (Phi) is 4.38. The second-order valence-electron chi connectivity index (χ2n) is 7.40. The minimum Gasteiger partial charge on any atom is -0.271 e. The second kappa shape index (κ2) is 6.60. The Bertz CT molecular complexity index is 1090. The van der Waals surface area contributed by atoms with Crippen molar-refractivity contribution in [2.45, 2.75) is 53.0 Å². The molecule has 0 aromatic carbocycles. The highest BCUT2D eigenvalue weighted by molar-refractivity contribution is 7.18. The van der Waals surface area contributed by atoms with Gasteiger partial charge in [0.05, 0.1) is 5.39 Å². The number of carbonyl (C=O) groups is 1. The Hall–Kier alpha value is -2.48. The molecule has 0 bridgehead atoms. The van der Waals surface area contributed by atoms with Crippen LogP contribution in [-0.4, -0.2) is 25.3 Å². The lowest BCUT2D eigenvalue weighted by Crippen LogP contribution is -2.39. The maximum absolute atomic E-state index is 13.2. The van der Waals surface area contributed by atoms with Crippen LogP contribution in [0.2, 0.25) is 0 Å². The fourth-order valence-corrected chi connectivity index (χ4v) is 5.14. The predicted molar refractivity (Wildman–Crippen MR) is 106 cm³/mol. The lowest BCUT2D eigenvalue weighted by Gasteiger charge is -2.18. The summed E-state index contributed by atoms with van der Waals surface area (Å²) in [4.78, 5) is 32.5. The van der Waals surface area contributed by atoms with Gasteiger partial charge in [-0.15, -0.1) is 11.3 Å². The van der Waals surface area contributed by atoms with E-state index < -0.39 is 6.04 Å². The molecule has 0 saturated heterocycles. The number of aryl methyl sites for hydroxylation is 3. The fraction of sp³-hybridized carbons (Fsp3) is 0.474. The number of carbonyl (C=O) groups excluding carboxylic acids is 1. The molecule has 1 amide bonds. The molecule has 0 aliphatic heterocycles. The molecule has 142 valence electrons. The Balaban J connectivity index is 1.73. The SMILES string of the molecule is Cc1ccnn1[C@@H](C)C(=O)Nn1c(C)nc2sc3c(c2c1=O)CC[C@@H](C)C3. The Morgan fingerprint density at radius 1 is 1.41 bits per heavy atom. The normalized spacial score (nSPS) is 17.7. The summed E-state index contributed by atoms with van der Waals surface area (Å²) in [5, 5.41) is 4.85. The highest BCUT2D eigenvalue weighted by Crippen LogP contribution is 2.35. The first-order valence-corrected chi connectivity index (χ1v) is 10.0. The zero-order valence-electron chi connectivity index (χ0n) is 15.9. The van der Waals surface area contributed by atoms with Gasteiger partial charge >= 0.3 is 0 Å². The zero-order chi connectivity index (χ0) is 19.3. The number of hydrogen-bond acceptors (Lipinski definition) is 5. The Labute approximate surface area is 161 Å². The predicted octanol–water partition coefficient (Wildman–Crippen LogP) is 2.73. The summed E-state index contributed by atoms with van der Waals surface area (Å²) in [5.74, 6) is 0.814. The van der Waals surface area contributed by atoms with Crippen LogP contribution in [0.3, 0.4) is 0 Å². The van der Waals surface area contributed by atoms with Gasteiger partial charge in [0.2, 0.25) is 0 Å². The zero-order valence-corrected chi connectivity index (χ0v) is 16.8. The number of nitrogens with zero attached hydrogens (tertiary/aromatic N) is 4. The van der Waals surface area contributed by atoms with Crippen LogP contribution in [0.25, 0.3) is 10.2 Å². The molecule has 1 N–H and O–H groups in total. The molecule has 1 aliphatic rings. The summed E-state index contributed by atoms with van der Waals surface area (Å²) in [5.41, 5.74) is 4.55. The average molecular weight is 385 g/mol. The molecule has 0 fully saturated rings. The average Bonchev–Trinajstić information content (AvgIpc) is 3.20. The van der Waals surface area contributed by atoms with Gasteiger partial charge in [0.25, 0.3) is 11.5 Å². The van der Waals surface area contributed by atoms with Crippen molar-refractivity contribution >= 4 is 27.5 Å². The molecule has 0 saturated carbocycles. The van der Waals surface area contributed by atoms with E-state index >= 15 is 0 Å². The monoisotopic (exact) mass is 385 g/mol. The van der Waals surface area contributed by atoms with E-state index in [2.05, 4.69) is 22.4 Å². The van der Waals surface area contributed by atoms with E-state index in [9.17, 15) is 9.59 Å². The van der Waals surface area contributed by atoms with Gasteiger partial charge in [0.15, 0.2) is 0 Å². The van der Waals surface area contributed by atoms with Gasteiger partial charge in [0, 0.05) is 16.8 Å². The molecular weight excluding hydrogens is 362 g/mol. The fourth-order valence-electron chi connectivity index (χ4n) is 3.72. The summed E-state index contributed by atoms with van der Waals surface area (Å²) in [6.07, 6.45) is 4.63. The maximum atomic E-state index is 13.2. The quantitative estimate of drug-likeness (QED) is 0.752. The molecule has 7 nitrogen and oxygen atoms in total. The minimum atomic E-state index is -0.528. The van der Waals surface area contributed by atoms with Crippen LogP contribution in [0.1, 0.15) is 48.3 Å². The molecule has 3 heterocycles. The lowest BCUT2D eigenvalue weighted by atomic mass is 9.89. The van der Waals surface area contributed by atoms with Gasteiger partial charge in [-0.25, -0.2) is 9.66 Å². The Morgan fingerprint density at radius 2 is 2.19 bits per heavy atom. The maximum Gasteiger partial charge on any atom is 0.281 e. The number of fused-ring (bicyclic) bond motifs is 3.